The summed E-state index contributed by atoms with van der Waals surface area (Å²) >= 11 is 6.12. The lowest BCUT2D eigenvalue weighted by Gasteiger charge is -2.16. The van der Waals surface area contributed by atoms with E-state index in [2.05, 4.69) is 20.3 Å². The van der Waals surface area contributed by atoms with Crippen LogP contribution in [0.1, 0.15) is 25.5 Å². The maximum Gasteiger partial charge on any atom is 0.350 e. The van der Waals surface area contributed by atoms with Gasteiger partial charge in [0.25, 0.3) is 0 Å². The largest absolute Gasteiger partial charge is 0.379 e. The summed E-state index contributed by atoms with van der Waals surface area (Å²) in [6.45, 7) is 1.42. The lowest BCUT2D eigenvalue weighted by molar-refractivity contribution is -0.0344. The van der Waals surface area contributed by atoms with Crippen LogP contribution < -0.4 is 5.32 Å². The predicted molar refractivity (Wildman–Crippen MR) is 99.2 cm³/mol. The first-order valence-corrected chi connectivity index (χ1v) is 11.1. The highest BCUT2D eigenvalue weighted by Gasteiger charge is 2.30. The van der Waals surface area contributed by atoms with Crippen molar-refractivity contribution in [1.82, 2.24) is 19.5 Å². The molecule has 0 aliphatic carbocycles. The summed E-state index contributed by atoms with van der Waals surface area (Å²) in [5.41, 5.74) is 1.16. The third-order valence-electron chi connectivity index (χ3n) is 4.62. The molecule has 0 bridgehead atoms. The van der Waals surface area contributed by atoms with Gasteiger partial charge in [-0.2, -0.15) is 9.97 Å². The van der Waals surface area contributed by atoms with Gasteiger partial charge in [-0.1, -0.05) is 0 Å². The Labute approximate surface area is 165 Å². The molecule has 13 heteroatoms. The number of rotatable bonds is 7. The second-order valence-corrected chi connectivity index (χ2v) is 8.75. The minimum atomic E-state index is -4.18. The number of nitrogens with one attached hydrogen (secondary N) is 1. The molecule has 2 aliphatic rings. The monoisotopic (exact) mass is 433 g/mol. The predicted octanol–water partition coefficient (Wildman–Crippen LogP) is 1.51. The van der Waals surface area contributed by atoms with Gasteiger partial charge in [-0.25, -0.2) is 4.98 Å². The fourth-order valence-corrected chi connectivity index (χ4v) is 3.87. The summed E-state index contributed by atoms with van der Waals surface area (Å²) in [6.07, 6.45) is 2.70. The lowest BCUT2D eigenvalue weighted by atomic mass is 10.2. The third-order valence-corrected chi connectivity index (χ3v) is 5.31. The second-order valence-electron chi connectivity index (χ2n) is 6.82. The van der Waals surface area contributed by atoms with Crippen molar-refractivity contribution < 1.29 is 28.6 Å². The molecule has 28 heavy (non-hydrogen) atoms. The molecule has 154 valence electrons. The van der Waals surface area contributed by atoms with E-state index in [1.807, 2.05) is 0 Å². The Morgan fingerprint density at radius 2 is 2.21 bits per heavy atom. The Kier molecular flexibility index (Phi) is 5.84. The summed E-state index contributed by atoms with van der Waals surface area (Å²) in [5, 5.41) is 3.41. The Bertz CT molecular complexity index is 885. The first kappa shape index (κ1) is 20.0. The standard InChI is InChI=1S/C15H21ClN5O6P/c16-15-19-13(18-9-3-4-25-5-9)12-14(20-15)21(7-17-12)11-2-1-10(27-11)6-26-8-28(22,23)24/h7,9-11H,1-6,8H2,(H,18,19,20)(H2,22,23,24)/t9-,10-,11?/m0/s1. The molecule has 2 aromatic heterocycles. The van der Waals surface area contributed by atoms with Gasteiger partial charge in [0.1, 0.15) is 12.6 Å². The van der Waals surface area contributed by atoms with Gasteiger partial charge in [0.05, 0.1) is 31.7 Å². The third kappa shape index (κ3) is 4.62. The zero-order chi connectivity index (χ0) is 19.7. The number of ether oxygens (including phenoxy) is 3. The number of aromatic nitrogens is 4. The van der Waals surface area contributed by atoms with Crippen molar-refractivity contribution in [2.45, 2.75) is 37.6 Å². The number of nitrogens with zero attached hydrogens (tertiary/aromatic N) is 4. The Hall–Kier alpha value is -1.33. The molecule has 11 nitrogen and oxygen atoms in total. The van der Waals surface area contributed by atoms with E-state index in [4.69, 9.17) is 35.6 Å². The van der Waals surface area contributed by atoms with Crippen LogP contribution in [-0.2, 0) is 18.8 Å². The van der Waals surface area contributed by atoms with Crippen LogP contribution in [0.3, 0.4) is 0 Å². The molecule has 2 aromatic rings. The molecule has 2 fully saturated rings. The molecule has 4 heterocycles. The van der Waals surface area contributed by atoms with Crippen molar-refractivity contribution in [3.05, 3.63) is 11.6 Å². The van der Waals surface area contributed by atoms with Crippen molar-refractivity contribution in [1.29, 1.82) is 0 Å². The molecule has 0 spiro atoms. The van der Waals surface area contributed by atoms with Crippen molar-refractivity contribution in [2.75, 3.05) is 31.5 Å². The van der Waals surface area contributed by atoms with Crippen LogP contribution in [0.5, 0.6) is 0 Å². The van der Waals surface area contributed by atoms with Gasteiger partial charge in [0, 0.05) is 6.61 Å². The van der Waals surface area contributed by atoms with Crippen molar-refractivity contribution >= 4 is 36.2 Å². The van der Waals surface area contributed by atoms with E-state index in [1.165, 1.54) is 0 Å². The topological polar surface area (TPSA) is 141 Å². The first-order valence-electron chi connectivity index (χ1n) is 8.91. The fourth-order valence-electron chi connectivity index (χ4n) is 3.36. The SMILES string of the molecule is O=P(O)(O)COC[C@@H]1CCC(n2cnc3c(N[C@H]4CCOC4)nc(Cl)nc32)O1. The molecular formula is C15H21ClN5O6P. The summed E-state index contributed by atoms with van der Waals surface area (Å²) in [6, 6.07) is 0.151. The van der Waals surface area contributed by atoms with E-state index >= 15 is 0 Å². The first-order chi connectivity index (χ1) is 13.4. The average molecular weight is 434 g/mol. The molecule has 3 N–H and O–H groups in total. The normalized spacial score (nSPS) is 25.6. The fraction of sp³-hybridized carbons (Fsp3) is 0.667. The highest BCUT2D eigenvalue weighted by Crippen LogP contribution is 2.36. The zero-order valence-corrected chi connectivity index (χ0v) is 16.6. The molecule has 0 saturated carbocycles. The Balaban J connectivity index is 1.47. The van der Waals surface area contributed by atoms with Crippen LogP contribution in [0.15, 0.2) is 6.33 Å². The maximum absolute atomic E-state index is 10.9. The number of hydrogen-bond acceptors (Lipinski definition) is 8. The van der Waals surface area contributed by atoms with Crippen molar-refractivity contribution in [3.8, 4) is 0 Å². The summed E-state index contributed by atoms with van der Waals surface area (Å²) in [5.74, 6) is 0.559. The van der Waals surface area contributed by atoms with Gasteiger partial charge >= 0.3 is 7.60 Å². The molecule has 0 radical (unpaired) electrons. The van der Waals surface area contributed by atoms with Gasteiger partial charge in [0.2, 0.25) is 5.28 Å². The van der Waals surface area contributed by atoms with Gasteiger partial charge in [0.15, 0.2) is 17.0 Å². The van der Waals surface area contributed by atoms with Crippen LogP contribution in [0, 0.1) is 0 Å². The van der Waals surface area contributed by atoms with Crippen LogP contribution in [0.4, 0.5) is 5.82 Å². The maximum atomic E-state index is 10.9. The van der Waals surface area contributed by atoms with Gasteiger partial charge in [-0.05, 0) is 30.9 Å². The zero-order valence-electron chi connectivity index (χ0n) is 14.9. The minimum Gasteiger partial charge on any atom is -0.379 e. The molecule has 2 aliphatic heterocycles. The summed E-state index contributed by atoms with van der Waals surface area (Å²) < 4.78 is 29.0. The second kappa shape index (κ2) is 8.19. The molecule has 4 rings (SSSR count). The van der Waals surface area contributed by atoms with Crippen molar-refractivity contribution in [2.24, 2.45) is 0 Å². The number of halogens is 1. The van der Waals surface area contributed by atoms with Gasteiger partial charge in [-0.15, -0.1) is 0 Å². The van der Waals surface area contributed by atoms with E-state index in [-0.39, 0.29) is 30.3 Å². The highest BCUT2D eigenvalue weighted by molar-refractivity contribution is 7.51. The van der Waals surface area contributed by atoms with Gasteiger partial charge in [-0.3, -0.25) is 9.13 Å². The van der Waals surface area contributed by atoms with Crippen LogP contribution in [-0.4, -0.2) is 67.6 Å². The van der Waals surface area contributed by atoms with Crippen LogP contribution >= 0.6 is 19.2 Å². The van der Waals surface area contributed by atoms with E-state index in [1.54, 1.807) is 10.9 Å². The molecule has 2 saturated heterocycles. The number of anilines is 1. The van der Waals surface area contributed by atoms with Crippen LogP contribution in [0.25, 0.3) is 11.2 Å². The van der Waals surface area contributed by atoms with E-state index in [9.17, 15) is 4.57 Å². The quantitative estimate of drug-likeness (QED) is 0.434. The molecular weight excluding hydrogens is 413 g/mol. The summed E-state index contributed by atoms with van der Waals surface area (Å²) in [7, 11) is -4.18. The van der Waals surface area contributed by atoms with Crippen LogP contribution in [0.2, 0.25) is 5.28 Å². The number of imidazole rings is 1. The molecule has 1 unspecified atom stereocenters. The Morgan fingerprint density at radius 3 is 2.96 bits per heavy atom. The molecule has 0 aromatic carbocycles. The Morgan fingerprint density at radius 1 is 1.36 bits per heavy atom. The highest BCUT2D eigenvalue weighted by atomic mass is 35.5. The van der Waals surface area contributed by atoms with Gasteiger partial charge < -0.3 is 29.3 Å². The van der Waals surface area contributed by atoms with E-state index in [0.717, 1.165) is 6.42 Å². The van der Waals surface area contributed by atoms with Crippen molar-refractivity contribution in [3.63, 3.8) is 0 Å². The van der Waals surface area contributed by atoms with E-state index < -0.39 is 13.9 Å². The van der Waals surface area contributed by atoms with E-state index in [0.29, 0.717) is 43.0 Å². The lowest BCUT2D eigenvalue weighted by Crippen LogP contribution is -2.20. The smallest absolute Gasteiger partial charge is 0.350 e. The minimum absolute atomic E-state index is 0.107. The summed E-state index contributed by atoms with van der Waals surface area (Å²) in [4.78, 5) is 30.7. The number of fused-ring (bicyclic) bond motifs is 1. The molecule has 3 atom stereocenters. The average Bonchev–Trinajstić information content (AvgIpc) is 3.33. The number of hydrogen-bond donors (Lipinski definition) is 3. The molecule has 0 amide bonds.